The Morgan fingerprint density at radius 3 is 2.67 bits per heavy atom. The van der Waals surface area contributed by atoms with Crippen LogP contribution in [0.3, 0.4) is 0 Å². The van der Waals surface area contributed by atoms with Crippen LogP contribution >= 0.6 is 11.3 Å². The highest BCUT2D eigenvalue weighted by molar-refractivity contribution is 7.19. The number of benzene rings is 1. The fourth-order valence-corrected chi connectivity index (χ4v) is 5.87. The maximum atomic E-state index is 14.4. The molecular formula is C32H37FN6O6S. The number of likely N-dealkylation sites (tertiary alicyclic amines) is 1. The number of fused-ring (bicyclic) bond motifs is 1. The maximum absolute atomic E-state index is 14.4. The number of halogens is 1. The maximum Gasteiger partial charge on any atom is 0.410 e. The third-order valence-corrected chi connectivity index (χ3v) is 8.37. The van der Waals surface area contributed by atoms with Gasteiger partial charge in [-0.1, -0.05) is 12.2 Å². The Labute approximate surface area is 270 Å². The van der Waals surface area contributed by atoms with Gasteiger partial charge in [-0.05, 0) is 44.5 Å². The van der Waals surface area contributed by atoms with E-state index in [0.717, 1.165) is 20.7 Å². The van der Waals surface area contributed by atoms with Crippen molar-refractivity contribution in [3.63, 3.8) is 0 Å². The quantitative estimate of drug-likeness (QED) is 0.282. The zero-order valence-electron chi connectivity index (χ0n) is 26.0. The van der Waals surface area contributed by atoms with Gasteiger partial charge in [-0.2, -0.15) is 0 Å². The standard InChI is InChI=1S/C23H21FN4O3S.C9H16N2O3/c1-25-15-3-5-19(16(24)10-15)31-20-6-7-26-18-11-21(32-22(18)20)17-4-2-14(12-27-17)13-28-8-9-30-23(28)29;1-9(2,3)14-8(13)11-4-7(5-11)10-6-12/h2-7,10-12,17,25,27H,8-9,13H2,1H3;6-7H,4-5H2,1-3H3,(H,10,12). The van der Waals surface area contributed by atoms with E-state index in [9.17, 15) is 18.8 Å². The minimum Gasteiger partial charge on any atom is -0.453 e. The number of carbonyl (C=O) groups is 3. The normalized spacial score (nSPS) is 17.6. The lowest BCUT2D eigenvalue weighted by atomic mass is 10.1. The molecule has 1 atom stereocenters. The number of nitrogens with one attached hydrogen (secondary N) is 3. The van der Waals surface area contributed by atoms with E-state index in [4.69, 9.17) is 14.2 Å². The van der Waals surface area contributed by atoms with E-state index >= 15 is 0 Å². The number of dihydropyridines is 1. The van der Waals surface area contributed by atoms with Crippen molar-refractivity contribution in [2.75, 3.05) is 45.2 Å². The molecule has 2 aromatic heterocycles. The van der Waals surface area contributed by atoms with Crippen LogP contribution < -0.4 is 20.7 Å². The van der Waals surface area contributed by atoms with Crippen LogP contribution in [0.5, 0.6) is 11.5 Å². The highest BCUT2D eigenvalue weighted by Gasteiger charge is 2.33. The van der Waals surface area contributed by atoms with Gasteiger partial charge in [0.25, 0.3) is 0 Å². The number of hydrogen-bond donors (Lipinski definition) is 3. The predicted octanol–water partition coefficient (Wildman–Crippen LogP) is 5.16. The molecule has 3 amide bonds. The summed E-state index contributed by atoms with van der Waals surface area (Å²) in [7, 11) is 1.74. The van der Waals surface area contributed by atoms with Gasteiger partial charge in [0.15, 0.2) is 11.6 Å². The molecule has 5 heterocycles. The van der Waals surface area contributed by atoms with Crippen LogP contribution in [-0.2, 0) is 14.3 Å². The number of pyridine rings is 1. The molecule has 14 heteroatoms. The van der Waals surface area contributed by atoms with Gasteiger partial charge < -0.3 is 40.0 Å². The van der Waals surface area contributed by atoms with Gasteiger partial charge in [-0.15, -0.1) is 11.3 Å². The molecule has 0 radical (unpaired) electrons. The largest absolute Gasteiger partial charge is 0.453 e. The summed E-state index contributed by atoms with van der Waals surface area (Å²) in [6.45, 7) is 8.11. The summed E-state index contributed by atoms with van der Waals surface area (Å²) >= 11 is 1.55. The van der Waals surface area contributed by atoms with Crippen molar-refractivity contribution in [3.8, 4) is 11.5 Å². The smallest absolute Gasteiger partial charge is 0.410 e. The van der Waals surface area contributed by atoms with Crippen LogP contribution in [0, 0.1) is 5.82 Å². The topological polar surface area (TPSA) is 134 Å². The summed E-state index contributed by atoms with van der Waals surface area (Å²) in [5.41, 5.74) is 2.01. The van der Waals surface area contributed by atoms with Crippen molar-refractivity contribution < 1.29 is 33.0 Å². The molecular weight excluding hydrogens is 615 g/mol. The Morgan fingerprint density at radius 2 is 2.04 bits per heavy atom. The first-order valence-electron chi connectivity index (χ1n) is 14.8. The van der Waals surface area contributed by atoms with E-state index < -0.39 is 11.4 Å². The Bertz CT molecular complexity index is 1650. The fourth-order valence-electron chi connectivity index (χ4n) is 4.77. The molecule has 1 unspecified atom stereocenters. The molecule has 0 bridgehead atoms. The number of nitrogens with zero attached hydrogens (tertiary/aromatic N) is 3. The Kier molecular flexibility index (Phi) is 9.95. The third-order valence-electron chi connectivity index (χ3n) is 7.15. The number of carbonyl (C=O) groups excluding carboxylic acids is 3. The van der Waals surface area contributed by atoms with Crippen LogP contribution in [0.4, 0.5) is 19.7 Å². The zero-order valence-corrected chi connectivity index (χ0v) is 26.9. The number of hydrogen-bond acceptors (Lipinski definition) is 10. The fraction of sp³-hybridized carbons (Fsp3) is 0.375. The molecule has 0 saturated carbocycles. The van der Waals surface area contributed by atoms with Crippen molar-refractivity contribution in [2.45, 2.75) is 38.5 Å². The monoisotopic (exact) mass is 652 g/mol. The predicted molar refractivity (Wildman–Crippen MR) is 172 cm³/mol. The minimum atomic E-state index is -0.458. The van der Waals surface area contributed by atoms with Gasteiger partial charge in [-0.25, -0.2) is 14.0 Å². The number of aromatic nitrogens is 1. The first-order valence-corrected chi connectivity index (χ1v) is 15.6. The zero-order chi connectivity index (χ0) is 32.8. The lowest BCUT2D eigenvalue weighted by Gasteiger charge is -2.39. The molecule has 0 spiro atoms. The molecule has 3 aliphatic heterocycles. The molecule has 12 nitrogen and oxygen atoms in total. The number of amides is 3. The van der Waals surface area contributed by atoms with Gasteiger partial charge in [0.2, 0.25) is 6.41 Å². The molecule has 3 aliphatic rings. The molecule has 244 valence electrons. The lowest BCUT2D eigenvalue weighted by molar-refractivity contribution is -0.111. The second-order valence-corrected chi connectivity index (χ2v) is 12.9. The van der Waals surface area contributed by atoms with Crippen LogP contribution in [-0.4, -0.2) is 84.9 Å². The Balaban J connectivity index is 0.000000251. The number of ether oxygens (including phenoxy) is 3. The molecule has 3 N–H and O–H groups in total. The summed E-state index contributed by atoms with van der Waals surface area (Å²) in [6, 6.07) is 8.57. The Morgan fingerprint density at radius 1 is 1.24 bits per heavy atom. The van der Waals surface area contributed by atoms with Crippen molar-refractivity contribution in [1.82, 2.24) is 25.4 Å². The van der Waals surface area contributed by atoms with Gasteiger partial charge in [-0.3, -0.25) is 9.78 Å². The highest BCUT2D eigenvalue weighted by Crippen LogP contribution is 2.38. The van der Waals surface area contributed by atoms with Crippen LogP contribution in [0.2, 0.25) is 0 Å². The number of rotatable bonds is 8. The van der Waals surface area contributed by atoms with Crippen molar-refractivity contribution in [1.29, 1.82) is 0 Å². The average molecular weight is 653 g/mol. The van der Waals surface area contributed by atoms with Gasteiger partial charge in [0.05, 0.1) is 35.4 Å². The number of cyclic esters (lactones) is 1. The van der Waals surface area contributed by atoms with E-state index in [1.807, 2.05) is 39.1 Å². The summed E-state index contributed by atoms with van der Waals surface area (Å²) in [6.07, 6.45) is 7.70. The van der Waals surface area contributed by atoms with E-state index in [1.54, 1.807) is 52.6 Å². The van der Waals surface area contributed by atoms with E-state index in [-0.39, 0.29) is 30.0 Å². The summed E-state index contributed by atoms with van der Waals surface area (Å²) in [5.74, 6) is 0.288. The molecule has 2 saturated heterocycles. The molecule has 1 aromatic carbocycles. The minimum absolute atomic E-state index is 0.0250. The van der Waals surface area contributed by atoms with E-state index in [2.05, 4.69) is 27.0 Å². The SMILES string of the molecule is CC(C)(C)OC(=O)N1CC(NC=O)C1.CNc1ccc(Oc2ccnc3cc(C4C=CC(CN5CCOC5=O)=CN4)sc23)c(F)c1. The third kappa shape index (κ3) is 8.05. The average Bonchev–Trinajstić information content (AvgIpc) is 3.62. The van der Waals surface area contributed by atoms with Crippen molar-refractivity contribution in [3.05, 3.63) is 71.1 Å². The summed E-state index contributed by atoms with van der Waals surface area (Å²) < 4.78 is 31.2. The number of thiophene rings is 1. The van der Waals surface area contributed by atoms with Crippen LogP contribution in [0.15, 0.2) is 60.5 Å². The first kappa shape index (κ1) is 32.5. The highest BCUT2D eigenvalue weighted by atomic mass is 32.1. The van der Waals surface area contributed by atoms with Crippen LogP contribution in [0.25, 0.3) is 10.2 Å². The van der Waals surface area contributed by atoms with Gasteiger partial charge in [0, 0.05) is 55.2 Å². The molecule has 3 aromatic rings. The first-order chi connectivity index (χ1) is 22.0. The lowest BCUT2D eigenvalue weighted by Crippen LogP contribution is -2.60. The molecule has 2 fully saturated rings. The van der Waals surface area contributed by atoms with E-state index in [0.29, 0.717) is 50.6 Å². The van der Waals surface area contributed by atoms with Crippen molar-refractivity contribution >= 4 is 45.8 Å². The Hall–Kier alpha value is -4.85. The van der Waals surface area contributed by atoms with Gasteiger partial charge >= 0.3 is 12.2 Å². The molecule has 46 heavy (non-hydrogen) atoms. The second-order valence-electron chi connectivity index (χ2n) is 11.8. The second kappa shape index (κ2) is 14.1. The van der Waals surface area contributed by atoms with E-state index in [1.165, 1.54) is 6.07 Å². The number of anilines is 1. The molecule has 0 aliphatic carbocycles. The summed E-state index contributed by atoms with van der Waals surface area (Å²) in [4.78, 5) is 41.8. The summed E-state index contributed by atoms with van der Waals surface area (Å²) in [5, 5.41) is 8.88. The molecule has 6 rings (SSSR count). The van der Waals surface area contributed by atoms with Crippen LogP contribution in [0.1, 0.15) is 31.7 Å². The van der Waals surface area contributed by atoms with Gasteiger partial charge in [0.1, 0.15) is 18.0 Å². The van der Waals surface area contributed by atoms with Crippen molar-refractivity contribution in [2.24, 2.45) is 0 Å².